The Morgan fingerprint density at radius 3 is 2.61 bits per heavy atom. The summed E-state index contributed by atoms with van der Waals surface area (Å²) in [5.41, 5.74) is 6.61. The lowest BCUT2D eigenvalue weighted by Crippen LogP contribution is -2.04. The van der Waals surface area contributed by atoms with Crippen molar-refractivity contribution in [3.05, 3.63) is 80.6 Å². The third-order valence-corrected chi connectivity index (χ3v) is 5.71. The maximum atomic E-state index is 11.2. The number of halogens is 1. The number of nitro groups is 1. The van der Waals surface area contributed by atoms with Crippen molar-refractivity contribution in [3.63, 3.8) is 0 Å². The fourth-order valence-electron chi connectivity index (χ4n) is 3.36. The van der Waals surface area contributed by atoms with Crippen LogP contribution in [-0.4, -0.2) is 31.4 Å². The van der Waals surface area contributed by atoms with Crippen LogP contribution in [-0.2, 0) is 0 Å². The van der Waals surface area contributed by atoms with E-state index in [1.165, 1.54) is 18.3 Å². The summed E-state index contributed by atoms with van der Waals surface area (Å²) in [4.78, 5) is 19.4. The van der Waals surface area contributed by atoms with Gasteiger partial charge in [-0.15, -0.1) is 0 Å². The summed E-state index contributed by atoms with van der Waals surface area (Å²) in [6.45, 7) is 4.01. The summed E-state index contributed by atoms with van der Waals surface area (Å²) < 4.78 is 10.5. The highest BCUT2D eigenvalue weighted by molar-refractivity contribution is 6.32. The first kappa shape index (κ1) is 22.9. The zero-order valence-corrected chi connectivity index (χ0v) is 19.6. The van der Waals surface area contributed by atoms with Crippen molar-refractivity contribution in [2.75, 3.05) is 10.7 Å². The molecule has 0 saturated heterocycles. The molecule has 0 atom stereocenters. The second kappa shape index (κ2) is 9.43. The maximum Gasteiger partial charge on any atom is 0.288 e. The largest absolute Gasteiger partial charge is 0.455 e. The third-order valence-electron chi connectivity index (χ3n) is 5.39. The van der Waals surface area contributed by atoms with Gasteiger partial charge in [0.1, 0.15) is 16.5 Å². The van der Waals surface area contributed by atoms with Crippen molar-refractivity contribution in [2.45, 2.75) is 13.8 Å². The normalized spacial score (nSPS) is 11.3. The monoisotopic (exact) mass is 504 g/mol. The molecule has 0 fully saturated rings. The van der Waals surface area contributed by atoms with Crippen LogP contribution in [0.1, 0.15) is 16.9 Å². The van der Waals surface area contributed by atoms with Gasteiger partial charge in [-0.3, -0.25) is 15.5 Å². The SMILES string of the molecule is Cc1cccc(Nc2nc3nonc3nc2N/N=C\c2ccc(-c3ccc(Cl)c([N+](=O)[O-])c3)o2)c1C. The van der Waals surface area contributed by atoms with Crippen LogP contribution >= 0.6 is 11.6 Å². The van der Waals surface area contributed by atoms with Gasteiger partial charge in [-0.05, 0) is 65.6 Å². The van der Waals surface area contributed by atoms with Crippen LogP contribution in [0, 0.1) is 24.0 Å². The molecule has 0 unspecified atom stereocenters. The molecule has 5 rings (SSSR count). The Balaban J connectivity index is 1.39. The van der Waals surface area contributed by atoms with Gasteiger partial charge in [0.15, 0.2) is 11.6 Å². The van der Waals surface area contributed by atoms with E-state index in [-0.39, 0.29) is 27.8 Å². The van der Waals surface area contributed by atoms with Crippen LogP contribution in [0.5, 0.6) is 0 Å². The highest BCUT2D eigenvalue weighted by Gasteiger charge is 2.16. The first-order valence-corrected chi connectivity index (χ1v) is 10.9. The smallest absolute Gasteiger partial charge is 0.288 e. The zero-order chi connectivity index (χ0) is 25.2. The number of furan rings is 1. The molecule has 180 valence electrons. The van der Waals surface area contributed by atoms with Crippen molar-refractivity contribution in [1.82, 2.24) is 20.3 Å². The fourth-order valence-corrected chi connectivity index (χ4v) is 3.54. The van der Waals surface area contributed by atoms with Crippen LogP contribution in [0.15, 0.2) is 62.7 Å². The molecule has 3 aromatic heterocycles. The third kappa shape index (κ3) is 4.57. The number of hydrazone groups is 1. The van der Waals surface area contributed by atoms with Crippen molar-refractivity contribution in [3.8, 4) is 11.3 Å². The van der Waals surface area contributed by atoms with Gasteiger partial charge in [0, 0.05) is 17.3 Å². The van der Waals surface area contributed by atoms with Gasteiger partial charge in [0.05, 0.1) is 11.1 Å². The lowest BCUT2D eigenvalue weighted by atomic mass is 10.1. The van der Waals surface area contributed by atoms with Gasteiger partial charge in [-0.1, -0.05) is 23.7 Å². The Morgan fingerprint density at radius 2 is 1.83 bits per heavy atom. The number of aromatic nitrogens is 4. The molecule has 36 heavy (non-hydrogen) atoms. The lowest BCUT2D eigenvalue weighted by Gasteiger charge is -2.12. The number of hydrogen-bond donors (Lipinski definition) is 2. The molecule has 0 radical (unpaired) electrons. The lowest BCUT2D eigenvalue weighted by molar-refractivity contribution is -0.384. The predicted octanol–water partition coefficient (Wildman–Crippen LogP) is 5.64. The second-order valence-electron chi connectivity index (χ2n) is 7.70. The number of rotatable bonds is 7. The van der Waals surface area contributed by atoms with E-state index in [0.717, 1.165) is 16.8 Å². The summed E-state index contributed by atoms with van der Waals surface area (Å²) in [6.07, 6.45) is 1.43. The van der Waals surface area contributed by atoms with E-state index < -0.39 is 4.92 Å². The number of nitro benzene ring substituents is 1. The van der Waals surface area contributed by atoms with Gasteiger partial charge in [0.25, 0.3) is 5.69 Å². The highest BCUT2D eigenvalue weighted by atomic mass is 35.5. The summed E-state index contributed by atoms with van der Waals surface area (Å²) in [7, 11) is 0. The number of aryl methyl sites for hydroxylation is 1. The molecule has 3 heterocycles. The molecule has 2 aromatic carbocycles. The molecule has 0 aliphatic rings. The van der Waals surface area contributed by atoms with Gasteiger partial charge in [-0.2, -0.15) is 10.1 Å². The van der Waals surface area contributed by atoms with E-state index in [2.05, 4.69) is 36.1 Å². The number of nitrogens with one attached hydrogen (secondary N) is 2. The Morgan fingerprint density at radius 1 is 1.06 bits per heavy atom. The van der Waals surface area contributed by atoms with Gasteiger partial charge >= 0.3 is 0 Å². The highest BCUT2D eigenvalue weighted by Crippen LogP contribution is 2.31. The quantitative estimate of drug-likeness (QED) is 0.161. The summed E-state index contributed by atoms with van der Waals surface area (Å²) in [5.74, 6) is 1.48. The van der Waals surface area contributed by atoms with Crippen LogP contribution < -0.4 is 10.7 Å². The van der Waals surface area contributed by atoms with Crippen molar-refractivity contribution >= 4 is 52.1 Å². The maximum absolute atomic E-state index is 11.2. The van der Waals surface area contributed by atoms with E-state index >= 15 is 0 Å². The first-order valence-electron chi connectivity index (χ1n) is 10.6. The van der Waals surface area contributed by atoms with Gasteiger partial charge in [-0.25, -0.2) is 9.61 Å². The molecular weight excluding hydrogens is 488 g/mol. The van der Waals surface area contributed by atoms with E-state index in [4.69, 9.17) is 20.6 Å². The molecule has 0 amide bonds. The number of nitrogens with zero attached hydrogens (tertiary/aromatic N) is 6. The minimum absolute atomic E-state index is 0.0481. The minimum Gasteiger partial charge on any atom is -0.455 e. The average molecular weight is 505 g/mol. The molecule has 2 N–H and O–H groups in total. The minimum atomic E-state index is -0.548. The molecule has 0 aliphatic carbocycles. The van der Waals surface area contributed by atoms with Crippen molar-refractivity contribution in [2.24, 2.45) is 5.10 Å². The van der Waals surface area contributed by atoms with E-state index in [1.807, 2.05) is 32.0 Å². The first-order chi connectivity index (χ1) is 17.4. The molecule has 0 aliphatic heterocycles. The molecule has 13 heteroatoms. The predicted molar refractivity (Wildman–Crippen MR) is 134 cm³/mol. The summed E-state index contributed by atoms with van der Waals surface area (Å²) >= 11 is 5.89. The van der Waals surface area contributed by atoms with Crippen molar-refractivity contribution in [1.29, 1.82) is 0 Å². The molecular formula is C23H17ClN8O4. The Hall–Kier alpha value is -4.84. The molecule has 0 saturated carbocycles. The van der Waals surface area contributed by atoms with E-state index in [0.29, 0.717) is 22.9 Å². The molecule has 12 nitrogen and oxygen atoms in total. The number of anilines is 3. The number of benzene rings is 2. The Kier molecular flexibility index (Phi) is 6.00. The van der Waals surface area contributed by atoms with Crippen LogP contribution in [0.3, 0.4) is 0 Å². The standard InChI is InChI=1S/C23H17ClN8O4/c1-12-4-3-5-17(13(12)2)26-20-21(28-23-22(27-20)30-36-31-23)29-25-11-15-7-9-19(35-15)14-6-8-16(24)18(10-14)32(33)34/h3-11H,1-2H3,(H,26,27,30)(H,28,29,31)/b25-11-. The fraction of sp³-hybridized carbons (Fsp3) is 0.0870. The van der Waals surface area contributed by atoms with Crippen molar-refractivity contribution < 1.29 is 14.0 Å². The van der Waals surface area contributed by atoms with Gasteiger partial charge in [0.2, 0.25) is 11.3 Å². The average Bonchev–Trinajstić information content (AvgIpc) is 3.51. The molecule has 5 aromatic rings. The Labute approximate surface area is 208 Å². The number of hydrogen-bond acceptors (Lipinski definition) is 11. The summed E-state index contributed by atoms with van der Waals surface area (Å²) in [5, 5.41) is 26.1. The van der Waals surface area contributed by atoms with E-state index in [9.17, 15) is 10.1 Å². The van der Waals surface area contributed by atoms with Crippen LogP contribution in [0.2, 0.25) is 5.02 Å². The molecule has 0 bridgehead atoms. The second-order valence-corrected chi connectivity index (χ2v) is 8.11. The summed E-state index contributed by atoms with van der Waals surface area (Å²) in [6, 6.07) is 13.7. The molecule has 0 spiro atoms. The Bertz CT molecular complexity index is 1630. The zero-order valence-electron chi connectivity index (χ0n) is 18.9. The number of fused-ring (bicyclic) bond motifs is 1. The topological polar surface area (TPSA) is 157 Å². The van der Waals surface area contributed by atoms with Crippen LogP contribution in [0.4, 0.5) is 23.0 Å². The van der Waals surface area contributed by atoms with Gasteiger partial charge < -0.3 is 9.73 Å². The van der Waals surface area contributed by atoms with E-state index in [1.54, 1.807) is 18.2 Å². The van der Waals surface area contributed by atoms with Crippen LogP contribution in [0.25, 0.3) is 22.6 Å².